The molecular weight excluding hydrogens is 442 g/mol. The largest absolute Gasteiger partial charge is 0.497 e. The van der Waals surface area contributed by atoms with Crippen molar-refractivity contribution in [1.29, 1.82) is 0 Å². The number of nitrogens with zero attached hydrogens (tertiary/aromatic N) is 4. The fourth-order valence-electron chi connectivity index (χ4n) is 5.18. The molecule has 2 fully saturated rings. The van der Waals surface area contributed by atoms with Crippen LogP contribution < -0.4 is 10.5 Å². The molecule has 2 aliphatic rings. The Bertz CT molecular complexity index is 1180. The number of benzene rings is 2. The Morgan fingerprint density at radius 1 is 1.03 bits per heavy atom. The summed E-state index contributed by atoms with van der Waals surface area (Å²) < 4.78 is 6.72. The lowest BCUT2D eigenvalue weighted by atomic mass is 10.0. The van der Waals surface area contributed by atoms with Crippen molar-refractivity contribution in [1.82, 2.24) is 19.6 Å². The van der Waals surface area contributed by atoms with Crippen LogP contribution in [0.25, 0.3) is 5.69 Å². The fraction of sp³-hybridized carbons (Fsp3) is 0.333. The molecule has 1 unspecified atom stereocenters. The molecule has 2 aliphatic heterocycles. The van der Waals surface area contributed by atoms with E-state index in [2.05, 4.69) is 40.7 Å². The number of carbonyl (C=O) groups excluding carboxylic acids is 2. The minimum absolute atomic E-state index is 0.0735. The molecule has 3 heterocycles. The number of nitrogens with two attached hydrogens (primary N) is 1. The second-order valence-electron chi connectivity index (χ2n) is 9.28. The number of aromatic nitrogens is 2. The molecule has 3 aromatic rings. The molecule has 1 radical (unpaired) electrons. The van der Waals surface area contributed by atoms with Crippen LogP contribution in [0.2, 0.25) is 0 Å². The average Bonchev–Trinajstić information content (AvgIpc) is 3.58. The number of carbonyl (C=O) groups is 2. The van der Waals surface area contributed by atoms with Gasteiger partial charge in [-0.15, -0.1) is 0 Å². The maximum atomic E-state index is 13.5. The van der Waals surface area contributed by atoms with Gasteiger partial charge < -0.3 is 20.3 Å². The minimum Gasteiger partial charge on any atom is -0.497 e. The first-order valence-corrected chi connectivity index (χ1v) is 12.0. The highest BCUT2D eigenvalue weighted by atomic mass is 16.5. The van der Waals surface area contributed by atoms with E-state index >= 15 is 0 Å². The van der Waals surface area contributed by atoms with Gasteiger partial charge in [0.25, 0.3) is 11.8 Å². The number of fused-ring (bicyclic) bond motifs is 1. The first-order valence-electron chi connectivity index (χ1n) is 12.0. The van der Waals surface area contributed by atoms with Crippen LogP contribution in [0.4, 0.5) is 0 Å². The molecule has 5 rings (SSSR count). The van der Waals surface area contributed by atoms with E-state index in [0.717, 1.165) is 26.1 Å². The van der Waals surface area contributed by atoms with Crippen molar-refractivity contribution in [2.24, 2.45) is 17.6 Å². The van der Waals surface area contributed by atoms with Crippen LogP contribution in [0.1, 0.15) is 33.0 Å². The number of likely N-dealkylation sites (tertiary alicyclic amines) is 2. The molecular formula is C27H30N5O3. The standard InChI is InChI=1S/C27H30N5O3/c1-35-23-11-9-22(10-12-23)32-25(14-24(29-32)26(28)33)27(34)31-17-20-15-30(16-21(20)18-31)13-5-8-19-6-3-2-4-7-19/h2-4,6-12,14,20-21H,5,13,15-18H2,1H3,(H2,28,33)/t20-,21?/m0/s1. The van der Waals surface area contributed by atoms with E-state index in [1.54, 1.807) is 31.4 Å². The van der Waals surface area contributed by atoms with Gasteiger partial charge in [-0.3, -0.25) is 9.59 Å². The summed E-state index contributed by atoms with van der Waals surface area (Å²) in [5.74, 6) is 0.834. The molecule has 1 aromatic heterocycles. The smallest absolute Gasteiger partial charge is 0.272 e. The summed E-state index contributed by atoms with van der Waals surface area (Å²) in [6.07, 6.45) is 3.30. The second-order valence-corrected chi connectivity index (χ2v) is 9.28. The van der Waals surface area contributed by atoms with Crippen LogP contribution in [-0.2, 0) is 0 Å². The lowest BCUT2D eigenvalue weighted by Gasteiger charge is -2.22. The normalized spacial score (nSPS) is 19.6. The van der Waals surface area contributed by atoms with Gasteiger partial charge in [0.1, 0.15) is 11.4 Å². The molecule has 2 atom stereocenters. The van der Waals surface area contributed by atoms with Gasteiger partial charge in [0.2, 0.25) is 0 Å². The molecule has 181 valence electrons. The topological polar surface area (TPSA) is 93.7 Å². The van der Waals surface area contributed by atoms with Gasteiger partial charge in [-0.25, -0.2) is 4.68 Å². The summed E-state index contributed by atoms with van der Waals surface area (Å²) in [6.45, 7) is 4.45. The number of primary amides is 1. The molecule has 8 heteroatoms. The van der Waals surface area contributed by atoms with Crippen LogP contribution in [0.15, 0.2) is 60.7 Å². The van der Waals surface area contributed by atoms with E-state index in [-0.39, 0.29) is 11.6 Å². The SMILES string of the molecule is COc1ccc(-n2nc(C(N)=O)cc2C(=O)N2CC3CN(CC[CH]c4ccccc4)C[C@H]3C2)cc1. The first-order chi connectivity index (χ1) is 17.0. The Balaban J connectivity index is 1.23. The molecule has 2 N–H and O–H groups in total. The van der Waals surface area contributed by atoms with Crippen LogP contribution >= 0.6 is 0 Å². The van der Waals surface area contributed by atoms with Crippen molar-refractivity contribution in [2.75, 3.05) is 39.8 Å². The number of hydrogen-bond acceptors (Lipinski definition) is 5. The molecule has 0 saturated carbocycles. The zero-order valence-electron chi connectivity index (χ0n) is 19.8. The van der Waals surface area contributed by atoms with Crippen molar-refractivity contribution in [3.63, 3.8) is 0 Å². The Hall–Kier alpha value is -3.65. The highest BCUT2D eigenvalue weighted by molar-refractivity contribution is 5.98. The monoisotopic (exact) mass is 472 g/mol. The number of rotatable bonds is 8. The van der Waals surface area contributed by atoms with Gasteiger partial charge in [0.05, 0.1) is 12.8 Å². The summed E-state index contributed by atoms with van der Waals surface area (Å²) in [6, 6.07) is 19.1. The molecule has 0 bridgehead atoms. The summed E-state index contributed by atoms with van der Waals surface area (Å²) in [7, 11) is 1.59. The Kier molecular flexibility index (Phi) is 6.55. The van der Waals surface area contributed by atoms with Gasteiger partial charge in [-0.2, -0.15) is 5.10 Å². The third-order valence-corrected chi connectivity index (χ3v) is 6.97. The van der Waals surface area contributed by atoms with Crippen molar-refractivity contribution in [2.45, 2.75) is 6.42 Å². The van der Waals surface area contributed by atoms with Crippen molar-refractivity contribution >= 4 is 11.8 Å². The van der Waals surface area contributed by atoms with Crippen LogP contribution in [-0.4, -0.2) is 71.2 Å². The van der Waals surface area contributed by atoms with E-state index < -0.39 is 5.91 Å². The number of amides is 2. The maximum absolute atomic E-state index is 13.5. The van der Waals surface area contributed by atoms with Gasteiger partial charge in [-0.05, 0) is 61.1 Å². The average molecular weight is 473 g/mol. The molecule has 2 amide bonds. The van der Waals surface area contributed by atoms with Crippen molar-refractivity contribution in [3.8, 4) is 11.4 Å². The Morgan fingerprint density at radius 2 is 1.71 bits per heavy atom. The van der Waals surface area contributed by atoms with E-state index in [9.17, 15) is 9.59 Å². The molecule has 35 heavy (non-hydrogen) atoms. The predicted molar refractivity (Wildman–Crippen MR) is 132 cm³/mol. The van der Waals surface area contributed by atoms with Crippen molar-refractivity contribution < 1.29 is 14.3 Å². The molecule has 2 aromatic carbocycles. The number of ether oxygens (including phenoxy) is 1. The highest BCUT2D eigenvalue weighted by Gasteiger charge is 2.42. The van der Waals surface area contributed by atoms with Crippen molar-refractivity contribution in [3.05, 3.63) is 84.0 Å². The highest BCUT2D eigenvalue weighted by Crippen LogP contribution is 2.32. The van der Waals surface area contributed by atoms with Gasteiger partial charge >= 0.3 is 0 Å². The molecule has 0 spiro atoms. The Morgan fingerprint density at radius 3 is 2.34 bits per heavy atom. The third kappa shape index (κ3) is 4.93. The van der Waals surface area contributed by atoms with Crippen LogP contribution in [0.3, 0.4) is 0 Å². The van der Waals surface area contributed by atoms with Crippen LogP contribution in [0.5, 0.6) is 5.75 Å². The van der Waals surface area contributed by atoms with Crippen LogP contribution in [0, 0.1) is 18.3 Å². The number of methoxy groups -OCH3 is 1. The predicted octanol–water partition coefficient (Wildman–Crippen LogP) is 2.63. The zero-order valence-corrected chi connectivity index (χ0v) is 19.8. The quantitative estimate of drug-likeness (QED) is 0.544. The third-order valence-electron chi connectivity index (χ3n) is 6.97. The summed E-state index contributed by atoms with van der Waals surface area (Å²) >= 11 is 0. The lowest BCUT2D eigenvalue weighted by Crippen LogP contribution is -2.34. The summed E-state index contributed by atoms with van der Waals surface area (Å²) in [4.78, 5) is 29.7. The van der Waals surface area contributed by atoms with E-state index in [1.807, 2.05) is 11.0 Å². The minimum atomic E-state index is -0.660. The van der Waals surface area contributed by atoms with Gasteiger partial charge in [-0.1, -0.05) is 30.3 Å². The summed E-state index contributed by atoms with van der Waals surface area (Å²) in [5.41, 5.74) is 7.82. The molecule has 0 aliphatic carbocycles. The second kappa shape index (κ2) is 9.92. The van der Waals surface area contributed by atoms with Gasteiger partial charge in [0.15, 0.2) is 5.69 Å². The first kappa shape index (κ1) is 23.1. The fourth-order valence-corrected chi connectivity index (χ4v) is 5.18. The molecule has 8 nitrogen and oxygen atoms in total. The van der Waals surface area contributed by atoms with Gasteiger partial charge in [0, 0.05) is 32.2 Å². The van der Waals surface area contributed by atoms with E-state index in [0.29, 0.717) is 42.1 Å². The Labute approximate surface area is 205 Å². The lowest BCUT2D eigenvalue weighted by molar-refractivity contribution is 0.0765. The van der Waals surface area contributed by atoms with E-state index in [4.69, 9.17) is 10.5 Å². The summed E-state index contributed by atoms with van der Waals surface area (Å²) in [5, 5.41) is 4.31. The van der Waals surface area contributed by atoms with E-state index in [1.165, 1.54) is 16.3 Å². The zero-order chi connectivity index (χ0) is 24.4. The molecule has 2 saturated heterocycles. The maximum Gasteiger partial charge on any atom is 0.272 e. The number of hydrogen-bond donors (Lipinski definition) is 1.